The molecule has 2 N–H and O–H groups in total. The molecule has 2 rings (SSSR count). The maximum absolute atomic E-state index is 12.3. The van der Waals surface area contributed by atoms with Crippen LogP contribution in [-0.4, -0.2) is 23.3 Å². The zero-order valence-electron chi connectivity index (χ0n) is 12.1. The summed E-state index contributed by atoms with van der Waals surface area (Å²) in [6.07, 6.45) is 3.36. The van der Waals surface area contributed by atoms with Gasteiger partial charge in [0.15, 0.2) is 0 Å². The number of rotatable bonds is 3. The molecule has 0 aromatic carbocycles. The van der Waals surface area contributed by atoms with Gasteiger partial charge in [-0.25, -0.2) is 0 Å². The highest BCUT2D eigenvalue weighted by molar-refractivity contribution is 6.02. The molecule has 1 saturated heterocycles. The van der Waals surface area contributed by atoms with E-state index in [1.807, 2.05) is 12.1 Å². The Kier molecular flexibility index (Phi) is 4.06. The lowest BCUT2D eigenvalue weighted by molar-refractivity contribution is -0.135. The van der Waals surface area contributed by atoms with E-state index in [4.69, 9.17) is 0 Å². The number of pyridine rings is 1. The minimum atomic E-state index is -0.600. The van der Waals surface area contributed by atoms with E-state index in [0.29, 0.717) is 13.1 Å². The Hall–Kier alpha value is -1.91. The monoisotopic (exact) mass is 275 g/mol. The molecule has 108 valence electrons. The predicted molar refractivity (Wildman–Crippen MR) is 75.5 cm³/mol. The van der Waals surface area contributed by atoms with Crippen LogP contribution in [0, 0.1) is 17.3 Å². The highest BCUT2D eigenvalue weighted by atomic mass is 16.2. The van der Waals surface area contributed by atoms with E-state index in [9.17, 15) is 9.59 Å². The molecule has 0 aliphatic carbocycles. The fourth-order valence-electron chi connectivity index (χ4n) is 2.53. The van der Waals surface area contributed by atoms with E-state index in [-0.39, 0.29) is 23.1 Å². The van der Waals surface area contributed by atoms with E-state index in [1.54, 1.807) is 12.4 Å². The molecule has 0 unspecified atom stereocenters. The van der Waals surface area contributed by atoms with Crippen molar-refractivity contribution >= 4 is 11.8 Å². The first-order chi connectivity index (χ1) is 9.39. The third-order valence-corrected chi connectivity index (χ3v) is 3.79. The number of aromatic nitrogens is 1. The number of carbonyl (C=O) groups excluding carboxylic acids is 2. The maximum atomic E-state index is 12.3. The number of carbonyl (C=O) groups is 2. The van der Waals surface area contributed by atoms with Crippen molar-refractivity contribution in [2.45, 2.75) is 27.3 Å². The molecule has 5 nitrogen and oxygen atoms in total. The average Bonchev–Trinajstić information content (AvgIpc) is 2.79. The Morgan fingerprint density at radius 2 is 2.05 bits per heavy atom. The molecule has 0 radical (unpaired) electrons. The van der Waals surface area contributed by atoms with Crippen LogP contribution in [0.15, 0.2) is 24.5 Å². The molecule has 1 aromatic heterocycles. The van der Waals surface area contributed by atoms with Crippen molar-refractivity contribution in [3.8, 4) is 0 Å². The summed E-state index contributed by atoms with van der Waals surface area (Å²) in [6, 6.07) is 3.69. The Labute approximate surface area is 119 Å². The van der Waals surface area contributed by atoms with Gasteiger partial charge in [0.2, 0.25) is 11.8 Å². The summed E-state index contributed by atoms with van der Waals surface area (Å²) in [6.45, 7) is 7.15. The van der Waals surface area contributed by atoms with Gasteiger partial charge in [0.1, 0.15) is 5.92 Å². The minimum absolute atomic E-state index is 0.0208. The van der Waals surface area contributed by atoms with Crippen molar-refractivity contribution < 1.29 is 9.59 Å². The lowest BCUT2D eigenvalue weighted by Gasteiger charge is -2.29. The fourth-order valence-corrected chi connectivity index (χ4v) is 2.53. The first kappa shape index (κ1) is 14.5. The van der Waals surface area contributed by atoms with Gasteiger partial charge in [-0.05, 0) is 23.1 Å². The first-order valence-corrected chi connectivity index (χ1v) is 6.84. The van der Waals surface area contributed by atoms with Gasteiger partial charge in [0, 0.05) is 31.4 Å². The smallest absolute Gasteiger partial charge is 0.233 e. The van der Waals surface area contributed by atoms with Crippen LogP contribution in [0.5, 0.6) is 0 Å². The minimum Gasteiger partial charge on any atom is -0.355 e. The van der Waals surface area contributed by atoms with Gasteiger partial charge in [0.05, 0.1) is 0 Å². The summed E-state index contributed by atoms with van der Waals surface area (Å²) in [5.74, 6) is -0.946. The van der Waals surface area contributed by atoms with Gasteiger partial charge in [-0.15, -0.1) is 0 Å². The Morgan fingerprint density at radius 1 is 1.40 bits per heavy atom. The first-order valence-electron chi connectivity index (χ1n) is 6.84. The van der Waals surface area contributed by atoms with E-state index in [0.717, 1.165) is 5.56 Å². The molecule has 1 aliphatic rings. The summed E-state index contributed by atoms with van der Waals surface area (Å²) in [4.78, 5) is 28.1. The number of amides is 2. The molecule has 0 saturated carbocycles. The zero-order valence-corrected chi connectivity index (χ0v) is 12.1. The quantitative estimate of drug-likeness (QED) is 0.812. The van der Waals surface area contributed by atoms with Crippen molar-refractivity contribution in [3.05, 3.63) is 30.1 Å². The molecular formula is C15H21N3O2. The zero-order chi connectivity index (χ0) is 14.8. The van der Waals surface area contributed by atoms with Crippen LogP contribution in [0.3, 0.4) is 0 Å². The average molecular weight is 275 g/mol. The molecule has 1 aromatic rings. The molecule has 2 heterocycles. The lowest BCUT2D eigenvalue weighted by Crippen LogP contribution is -2.40. The van der Waals surface area contributed by atoms with E-state index in [1.165, 1.54) is 0 Å². The van der Waals surface area contributed by atoms with Gasteiger partial charge >= 0.3 is 0 Å². The van der Waals surface area contributed by atoms with Crippen LogP contribution in [-0.2, 0) is 16.1 Å². The molecular weight excluding hydrogens is 254 g/mol. The van der Waals surface area contributed by atoms with E-state index >= 15 is 0 Å². The summed E-state index contributed by atoms with van der Waals surface area (Å²) < 4.78 is 0. The standard InChI is InChI=1S/C15H21N3O2/c1-15(2,3)11-9-18-14(20)12(11)13(19)17-8-10-4-6-16-7-5-10/h4-7,11-12H,8-9H2,1-3H3,(H,17,19)(H,18,20)/t11-,12+/m1/s1. The normalized spacial score (nSPS) is 22.4. The molecule has 2 amide bonds. The van der Waals surface area contributed by atoms with Crippen molar-refractivity contribution in [2.24, 2.45) is 17.3 Å². The number of nitrogens with zero attached hydrogens (tertiary/aromatic N) is 1. The molecule has 0 spiro atoms. The number of nitrogens with one attached hydrogen (secondary N) is 2. The van der Waals surface area contributed by atoms with Crippen LogP contribution in [0.1, 0.15) is 26.3 Å². The second kappa shape index (κ2) is 5.61. The van der Waals surface area contributed by atoms with Crippen LogP contribution >= 0.6 is 0 Å². The van der Waals surface area contributed by atoms with E-state index in [2.05, 4.69) is 36.4 Å². The Bertz CT molecular complexity index is 494. The van der Waals surface area contributed by atoms with Gasteiger partial charge in [-0.3, -0.25) is 14.6 Å². The second-order valence-electron chi connectivity index (χ2n) is 6.27. The third-order valence-electron chi connectivity index (χ3n) is 3.79. The van der Waals surface area contributed by atoms with Gasteiger partial charge in [-0.1, -0.05) is 20.8 Å². The predicted octanol–water partition coefficient (Wildman–Crippen LogP) is 1.11. The lowest BCUT2D eigenvalue weighted by atomic mass is 9.74. The molecule has 0 bridgehead atoms. The highest BCUT2D eigenvalue weighted by Crippen LogP contribution is 2.35. The highest BCUT2D eigenvalue weighted by Gasteiger charge is 2.45. The van der Waals surface area contributed by atoms with Gasteiger partial charge in [-0.2, -0.15) is 0 Å². The second-order valence-corrected chi connectivity index (χ2v) is 6.27. The van der Waals surface area contributed by atoms with Crippen LogP contribution in [0.25, 0.3) is 0 Å². The van der Waals surface area contributed by atoms with Gasteiger partial charge in [0.25, 0.3) is 0 Å². The molecule has 20 heavy (non-hydrogen) atoms. The van der Waals surface area contributed by atoms with E-state index < -0.39 is 5.92 Å². The van der Waals surface area contributed by atoms with Crippen molar-refractivity contribution in [1.29, 1.82) is 0 Å². The SMILES string of the molecule is CC(C)(C)[C@@H]1CNC(=O)[C@@H]1C(=O)NCc1ccncc1. The summed E-state index contributed by atoms with van der Waals surface area (Å²) in [7, 11) is 0. The molecule has 2 atom stereocenters. The Morgan fingerprint density at radius 3 is 2.65 bits per heavy atom. The van der Waals surface area contributed by atoms with Crippen molar-refractivity contribution in [3.63, 3.8) is 0 Å². The maximum Gasteiger partial charge on any atom is 0.233 e. The number of hydrogen-bond acceptors (Lipinski definition) is 3. The molecule has 1 fully saturated rings. The largest absolute Gasteiger partial charge is 0.355 e. The van der Waals surface area contributed by atoms with Crippen LogP contribution in [0.4, 0.5) is 0 Å². The molecule has 1 aliphatic heterocycles. The molecule has 5 heteroatoms. The summed E-state index contributed by atoms with van der Waals surface area (Å²) >= 11 is 0. The summed E-state index contributed by atoms with van der Waals surface area (Å²) in [5, 5.41) is 5.64. The summed E-state index contributed by atoms with van der Waals surface area (Å²) in [5.41, 5.74) is 0.886. The van der Waals surface area contributed by atoms with Crippen molar-refractivity contribution in [1.82, 2.24) is 15.6 Å². The number of hydrogen-bond donors (Lipinski definition) is 2. The third kappa shape index (κ3) is 3.15. The fraction of sp³-hybridized carbons (Fsp3) is 0.533. The van der Waals surface area contributed by atoms with Gasteiger partial charge < -0.3 is 10.6 Å². The van der Waals surface area contributed by atoms with Crippen LogP contribution in [0.2, 0.25) is 0 Å². The Balaban J connectivity index is 2.02. The van der Waals surface area contributed by atoms with Crippen molar-refractivity contribution in [2.75, 3.05) is 6.54 Å². The van der Waals surface area contributed by atoms with Crippen LogP contribution < -0.4 is 10.6 Å². The topological polar surface area (TPSA) is 71.1 Å².